The maximum absolute atomic E-state index is 13.0. The summed E-state index contributed by atoms with van der Waals surface area (Å²) in [5, 5.41) is 11.7. The Kier molecular flexibility index (Phi) is 9.06. The number of carbonyl (C=O) groups is 3. The van der Waals surface area contributed by atoms with Crippen LogP contribution in [0.5, 0.6) is 0 Å². The van der Waals surface area contributed by atoms with Crippen LogP contribution in [0.3, 0.4) is 0 Å². The summed E-state index contributed by atoms with van der Waals surface area (Å²) in [6.07, 6.45) is 5.53. The Bertz CT molecular complexity index is 992. The van der Waals surface area contributed by atoms with Gasteiger partial charge < -0.3 is 10.4 Å². The number of aliphatic imine (C=N–C) groups is 1. The summed E-state index contributed by atoms with van der Waals surface area (Å²) in [4.78, 5) is 43.3. The number of hydrogen-bond acceptors (Lipinski definition) is 5. The zero-order chi connectivity index (χ0) is 23.6. The van der Waals surface area contributed by atoms with E-state index in [4.69, 9.17) is 5.11 Å². The molecule has 2 N–H and O–H groups in total. The maximum atomic E-state index is 13.0. The van der Waals surface area contributed by atoms with E-state index in [1.165, 1.54) is 42.4 Å². The third-order valence-electron chi connectivity index (χ3n) is 5.30. The molecule has 0 radical (unpaired) electrons. The molecule has 0 spiro atoms. The van der Waals surface area contributed by atoms with Gasteiger partial charge in [0.1, 0.15) is 5.25 Å². The number of unbranched alkanes of at least 4 members (excludes halogenated alkanes) is 4. The summed E-state index contributed by atoms with van der Waals surface area (Å²) in [6.45, 7) is 2.76. The number of nitrogens with one attached hydrogen (secondary N) is 1. The minimum absolute atomic E-state index is 0.0898. The second kappa shape index (κ2) is 12.2. The summed E-state index contributed by atoms with van der Waals surface area (Å²) >= 11 is 1.29. The molecular formula is C25H29N3O4S. The Balaban J connectivity index is 1.72. The van der Waals surface area contributed by atoms with E-state index < -0.39 is 11.2 Å². The molecule has 2 amide bonds. The van der Waals surface area contributed by atoms with Crippen LogP contribution in [0.4, 0.5) is 11.4 Å². The lowest BCUT2D eigenvalue weighted by Crippen LogP contribution is -2.45. The lowest BCUT2D eigenvalue weighted by Gasteiger charge is -2.31. The average Bonchev–Trinajstić information content (AvgIpc) is 2.81. The lowest BCUT2D eigenvalue weighted by atomic mass is 10.1. The normalized spacial score (nSPS) is 17.2. The molecule has 1 heterocycles. The van der Waals surface area contributed by atoms with Gasteiger partial charge in [-0.05, 0) is 42.8 Å². The highest BCUT2D eigenvalue weighted by Gasteiger charge is 2.35. The topological polar surface area (TPSA) is 99.1 Å². The summed E-state index contributed by atoms with van der Waals surface area (Å²) in [5.41, 5.74) is 1.36. The molecule has 1 saturated heterocycles. The highest BCUT2D eigenvalue weighted by Crippen LogP contribution is 2.30. The van der Waals surface area contributed by atoms with Crippen molar-refractivity contribution in [3.63, 3.8) is 0 Å². The van der Waals surface area contributed by atoms with E-state index in [1.807, 2.05) is 30.3 Å². The molecule has 8 heteroatoms. The first-order chi connectivity index (χ1) is 16.0. The van der Waals surface area contributed by atoms with E-state index in [-0.39, 0.29) is 23.8 Å². The molecule has 7 nitrogen and oxygen atoms in total. The van der Waals surface area contributed by atoms with E-state index in [9.17, 15) is 14.4 Å². The number of aromatic carboxylic acids is 1. The van der Waals surface area contributed by atoms with Crippen LogP contribution in [0.1, 0.15) is 55.8 Å². The molecule has 1 atom stereocenters. The number of hydrogen-bond donors (Lipinski definition) is 2. The van der Waals surface area contributed by atoms with Crippen LogP contribution in [0.15, 0.2) is 59.6 Å². The standard InChI is InChI=1S/C25H29N3O4S/c1-2-3-4-5-9-16-28-22(29)17-21(33-25(28)27-19-10-7-6-8-11-19)23(30)26-20-14-12-18(13-15-20)24(31)32/h6-8,10-15,21H,2-5,9,16-17H2,1H3,(H,26,30)(H,31,32). The fourth-order valence-electron chi connectivity index (χ4n) is 3.47. The lowest BCUT2D eigenvalue weighted by molar-refractivity contribution is -0.129. The van der Waals surface area contributed by atoms with Gasteiger partial charge in [0.25, 0.3) is 0 Å². The highest BCUT2D eigenvalue weighted by molar-refractivity contribution is 8.15. The second-order valence-corrected chi connectivity index (χ2v) is 9.04. The monoisotopic (exact) mass is 467 g/mol. The Morgan fingerprint density at radius 1 is 1.06 bits per heavy atom. The molecule has 2 aromatic rings. The van der Waals surface area contributed by atoms with E-state index in [0.717, 1.165) is 31.4 Å². The summed E-state index contributed by atoms with van der Waals surface area (Å²) in [7, 11) is 0. The molecule has 0 bridgehead atoms. The van der Waals surface area contributed by atoms with Gasteiger partial charge in [-0.3, -0.25) is 14.5 Å². The number of rotatable bonds is 10. The van der Waals surface area contributed by atoms with Crippen molar-refractivity contribution in [1.29, 1.82) is 0 Å². The second-order valence-electron chi connectivity index (χ2n) is 7.87. The number of thioether (sulfide) groups is 1. The SMILES string of the molecule is CCCCCCCN1C(=O)CC(C(=O)Nc2ccc(C(=O)O)cc2)SC1=Nc1ccccc1. The number of benzene rings is 2. The number of para-hydroxylation sites is 1. The zero-order valence-electron chi connectivity index (χ0n) is 18.7. The van der Waals surface area contributed by atoms with Gasteiger partial charge in [0.15, 0.2) is 5.17 Å². The molecule has 0 saturated carbocycles. The third kappa shape index (κ3) is 7.18. The maximum Gasteiger partial charge on any atom is 0.335 e. The van der Waals surface area contributed by atoms with Crippen molar-refractivity contribution in [3.05, 3.63) is 60.2 Å². The number of amides is 2. The van der Waals surface area contributed by atoms with Gasteiger partial charge in [0, 0.05) is 18.7 Å². The predicted molar refractivity (Wildman–Crippen MR) is 132 cm³/mol. The smallest absolute Gasteiger partial charge is 0.335 e. The Morgan fingerprint density at radius 2 is 1.76 bits per heavy atom. The van der Waals surface area contributed by atoms with Crippen molar-refractivity contribution in [2.24, 2.45) is 4.99 Å². The quantitative estimate of drug-likeness (QED) is 0.461. The van der Waals surface area contributed by atoms with Crippen molar-refractivity contribution in [1.82, 2.24) is 4.90 Å². The van der Waals surface area contributed by atoms with Crippen LogP contribution in [0, 0.1) is 0 Å². The number of carboxylic acids is 1. The zero-order valence-corrected chi connectivity index (χ0v) is 19.5. The summed E-state index contributed by atoms with van der Waals surface area (Å²) in [6, 6.07) is 15.3. The van der Waals surface area contributed by atoms with Crippen LogP contribution in [0.2, 0.25) is 0 Å². The van der Waals surface area contributed by atoms with Crippen molar-refractivity contribution in [2.75, 3.05) is 11.9 Å². The predicted octanol–water partition coefficient (Wildman–Crippen LogP) is 5.32. The number of amidine groups is 1. The van der Waals surface area contributed by atoms with Gasteiger partial charge in [-0.25, -0.2) is 9.79 Å². The Labute approximate surface area is 198 Å². The van der Waals surface area contributed by atoms with Crippen LogP contribution in [0.25, 0.3) is 0 Å². The van der Waals surface area contributed by atoms with Gasteiger partial charge in [0.2, 0.25) is 11.8 Å². The Hall–Kier alpha value is -3.13. The van der Waals surface area contributed by atoms with Crippen molar-refractivity contribution in [3.8, 4) is 0 Å². The highest BCUT2D eigenvalue weighted by atomic mass is 32.2. The van der Waals surface area contributed by atoms with E-state index in [1.54, 1.807) is 4.90 Å². The van der Waals surface area contributed by atoms with Crippen molar-refractivity contribution >= 4 is 46.1 Å². The van der Waals surface area contributed by atoms with Crippen LogP contribution >= 0.6 is 11.8 Å². The van der Waals surface area contributed by atoms with Gasteiger partial charge in [-0.15, -0.1) is 0 Å². The number of nitrogens with zero attached hydrogens (tertiary/aromatic N) is 2. The molecule has 1 unspecified atom stereocenters. The van der Waals surface area contributed by atoms with Crippen molar-refractivity contribution < 1.29 is 19.5 Å². The minimum atomic E-state index is -1.03. The van der Waals surface area contributed by atoms with Crippen LogP contribution < -0.4 is 5.32 Å². The molecule has 1 aliphatic rings. The molecule has 174 valence electrons. The van der Waals surface area contributed by atoms with Crippen LogP contribution in [-0.4, -0.2) is 44.8 Å². The molecule has 0 aromatic heterocycles. The molecular weight excluding hydrogens is 438 g/mol. The van der Waals surface area contributed by atoms with Gasteiger partial charge in [0.05, 0.1) is 11.3 Å². The summed E-state index contributed by atoms with van der Waals surface area (Å²) < 4.78 is 0. The van der Waals surface area contributed by atoms with Gasteiger partial charge in [-0.2, -0.15) is 0 Å². The first kappa shape index (κ1) is 24.5. The van der Waals surface area contributed by atoms with Gasteiger partial charge in [-0.1, -0.05) is 62.6 Å². The van der Waals surface area contributed by atoms with E-state index in [0.29, 0.717) is 17.4 Å². The minimum Gasteiger partial charge on any atom is -0.478 e. The average molecular weight is 468 g/mol. The van der Waals surface area contributed by atoms with Crippen LogP contribution in [-0.2, 0) is 9.59 Å². The molecule has 3 rings (SSSR count). The van der Waals surface area contributed by atoms with E-state index in [2.05, 4.69) is 17.2 Å². The number of anilines is 1. The molecule has 33 heavy (non-hydrogen) atoms. The fraction of sp³-hybridized carbons (Fsp3) is 0.360. The first-order valence-corrected chi connectivity index (χ1v) is 12.1. The number of carboxylic acid groups (broad SMARTS) is 1. The number of carbonyl (C=O) groups excluding carboxylic acids is 2. The summed E-state index contributed by atoms with van der Waals surface area (Å²) in [5.74, 6) is -1.45. The van der Waals surface area contributed by atoms with E-state index >= 15 is 0 Å². The third-order valence-corrected chi connectivity index (χ3v) is 6.49. The van der Waals surface area contributed by atoms with Crippen molar-refractivity contribution in [2.45, 2.75) is 50.7 Å². The van der Waals surface area contributed by atoms with Gasteiger partial charge >= 0.3 is 5.97 Å². The molecule has 1 aliphatic heterocycles. The largest absolute Gasteiger partial charge is 0.478 e. The first-order valence-electron chi connectivity index (χ1n) is 11.2. The fourth-order valence-corrected chi connectivity index (χ4v) is 4.59. The molecule has 2 aromatic carbocycles. The Morgan fingerprint density at radius 3 is 2.42 bits per heavy atom. The molecule has 1 fully saturated rings. The molecule has 0 aliphatic carbocycles.